The van der Waals surface area contributed by atoms with Crippen molar-refractivity contribution in [3.8, 4) is 0 Å². The molecule has 1 heterocycles. The van der Waals surface area contributed by atoms with Gasteiger partial charge in [0, 0.05) is 25.6 Å². The molecule has 7 nitrogen and oxygen atoms in total. The fraction of sp³-hybridized carbons (Fsp3) is 0.500. The summed E-state index contributed by atoms with van der Waals surface area (Å²) in [7, 11) is -3.68. The van der Waals surface area contributed by atoms with E-state index >= 15 is 0 Å². The van der Waals surface area contributed by atoms with Crippen LogP contribution in [0, 0.1) is 5.92 Å². The second kappa shape index (κ2) is 6.52. The van der Waals surface area contributed by atoms with E-state index in [9.17, 15) is 18.0 Å². The van der Waals surface area contributed by atoms with Crippen molar-refractivity contribution in [1.29, 1.82) is 0 Å². The zero-order chi connectivity index (χ0) is 17.3. The van der Waals surface area contributed by atoms with Gasteiger partial charge in [0.1, 0.15) is 0 Å². The second-order valence-electron chi connectivity index (χ2n) is 6.41. The first-order valence-electron chi connectivity index (χ1n) is 8.03. The zero-order valence-electron chi connectivity index (χ0n) is 13.3. The average Bonchev–Trinajstić information content (AvgIpc) is 3.29. The van der Waals surface area contributed by atoms with Gasteiger partial charge in [-0.25, -0.2) is 13.6 Å². The standard InChI is InChI=1S/C16H21N3O4S/c17-24(22,23)14-5-1-11(2-6-14)7-8-18-16(21)12-9-15(20)19(10-12)13-3-4-13/h1-2,5-6,12-13H,3-4,7-10H2,(H,18,21)(H2,17,22,23). The highest BCUT2D eigenvalue weighted by molar-refractivity contribution is 7.89. The Labute approximate surface area is 141 Å². The highest BCUT2D eigenvalue weighted by atomic mass is 32.2. The Bertz CT molecular complexity index is 741. The van der Waals surface area contributed by atoms with Gasteiger partial charge in [0.2, 0.25) is 21.8 Å². The zero-order valence-corrected chi connectivity index (χ0v) is 14.1. The van der Waals surface area contributed by atoms with Crippen molar-refractivity contribution in [3.63, 3.8) is 0 Å². The summed E-state index contributed by atoms with van der Waals surface area (Å²) in [6.07, 6.45) is 2.98. The molecule has 0 bridgehead atoms. The van der Waals surface area contributed by atoms with Crippen LogP contribution in [0.3, 0.4) is 0 Å². The summed E-state index contributed by atoms with van der Waals surface area (Å²) in [5.41, 5.74) is 0.907. The fourth-order valence-corrected chi connectivity index (χ4v) is 3.48. The van der Waals surface area contributed by atoms with Gasteiger partial charge in [0.25, 0.3) is 0 Å². The number of sulfonamides is 1. The molecule has 1 saturated heterocycles. The van der Waals surface area contributed by atoms with Gasteiger partial charge in [-0.2, -0.15) is 0 Å². The van der Waals surface area contributed by atoms with Gasteiger partial charge >= 0.3 is 0 Å². The molecule has 8 heteroatoms. The molecular weight excluding hydrogens is 330 g/mol. The van der Waals surface area contributed by atoms with Crippen LogP contribution in [0.5, 0.6) is 0 Å². The number of amides is 2. The third-order valence-corrected chi connectivity index (χ3v) is 5.41. The van der Waals surface area contributed by atoms with E-state index in [1.54, 1.807) is 12.1 Å². The van der Waals surface area contributed by atoms with Crippen LogP contribution in [0.1, 0.15) is 24.8 Å². The van der Waals surface area contributed by atoms with Crippen LogP contribution in [-0.4, -0.2) is 44.3 Å². The molecule has 1 saturated carbocycles. The number of carbonyl (C=O) groups is 2. The summed E-state index contributed by atoms with van der Waals surface area (Å²) in [5.74, 6) is -0.272. The molecule has 1 aromatic carbocycles. The SMILES string of the molecule is NS(=O)(=O)c1ccc(CCNC(=O)C2CC(=O)N(C3CC3)C2)cc1. The topological polar surface area (TPSA) is 110 Å². The molecule has 2 amide bonds. The van der Waals surface area contributed by atoms with Crippen LogP contribution in [0.2, 0.25) is 0 Å². The van der Waals surface area contributed by atoms with Crippen molar-refractivity contribution in [2.24, 2.45) is 11.1 Å². The Morgan fingerprint density at radius 3 is 2.50 bits per heavy atom. The van der Waals surface area contributed by atoms with Crippen molar-refractivity contribution >= 4 is 21.8 Å². The van der Waals surface area contributed by atoms with Gasteiger partial charge < -0.3 is 10.2 Å². The Kier molecular flexibility index (Phi) is 4.60. The second-order valence-corrected chi connectivity index (χ2v) is 7.97. The third-order valence-electron chi connectivity index (χ3n) is 4.48. The number of nitrogens with one attached hydrogen (secondary N) is 1. The molecule has 0 spiro atoms. The lowest BCUT2D eigenvalue weighted by atomic mass is 10.1. The van der Waals surface area contributed by atoms with Gasteiger partial charge in [0.15, 0.2) is 0 Å². The first-order valence-corrected chi connectivity index (χ1v) is 9.58. The monoisotopic (exact) mass is 351 g/mol. The molecule has 1 aliphatic carbocycles. The first-order chi connectivity index (χ1) is 11.3. The Morgan fingerprint density at radius 2 is 1.92 bits per heavy atom. The van der Waals surface area contributed by atoms with Crippen LogP contribution in [-0.2, 0) is 26.0 Å². The summed E-state index contributed by atoms with van der Waals surface area (Å²) in [5, 5.41) is 7.91. The van der Waals surface area contributed by atoms with Crippen LogP contribution in [0.4, 0.5) is 0 Å². The highest BCUT2D eigenvalue weighted by Crippen LogP contribution is 2.32. The van der Waals surface area contributed by atoms with Gasteiger partial charge in [-0.15, -0.1) is 0 Å². The lowest BCUT2D eigenvalue weighted by molar-refractivity contribution is -0.129. The molecule has 1 atom stereocenters. The van der Waals surface area contributed by atoms with E-state index in [0.717, 1.165) is 18.4 Å². The predicted molar refractivity (Wildman–Crippen MR) is 87.4 cm³/mol. The molecule has 3 N–H and O–H groups in total. The van der Waals surface area contributed by atoms with Crippen LogP contribution in [0.15, 0.2) is 29.2 Å². The van der Waals surface area contributed by atoms with E-state index in [1.165, 1.54) is 12.1 Å². The van der Waals surface area contributed by atoms with Gasteiger partial charge in [-0.1, -0.05) is 12.1 Å². The van der Waals surface area contributed by atoms with E-state index in [1.807, 2.05) is 4.90 Å². The van der Waals surface area contributed by atoms with Gasteiger partial charge in [-0.05, 0) is 37.0 Å². The molecule has 2 fully saturated rings. The van der Waals surface area contributed by atoms with Crippen molar-refractivity contribution in [3.05, 3.63) is 29.8 Å². The third kappa shape index (κ3) is 3.93. The molecule has 0 radical (unpaired) electrons. The van der Waals surface area contributed by atoms with E-state index < -0.39 is 10.0 Å². The normalized spacial score (nSPS) is 21.1. The summed E-state index contributed by atoms with van der Waals surface area (Å²) < 4.78 is 22.4. The number of rotatable bonds is 6. The number of hydrogen-bond acceptors (Lipinski definition) is 4. The van der Waals surface area contributed by atoms with Gasteiger partial charge in [-0.3, -0.25) is 9.59 Å². The number of nitrogens with two attached hydrogens (primary N) is 1. The van der Waals surface area contributed by atoms with Crippen LogP contribution < -0.4 is 10.5 Å². The number of likely N-dealkylation sites (tertiary alicyclic amines) is 1. The molecule has 3 rings (SSSR count). The Morgan fingerprint density at radius 1 is 1.25 bits per heavy atom. The Balaban J connectivity index is 1.46. The quantitative estimate of drug-likeness (QED) is 0.752. The summed E-state index contributed by atoms with van der Waals surface area (Å²) in [4.78, 5) is 25.9. The maximum absolute atomic E-state index is 12.2. The molecule has 1 aromatic rings. The van der Waals surface area contributed by atoms with Crippen LogP contribution >= 0.6 is 0 Å². The number of benzene rings is 1. The molecule has 1 unspecified atom stereocenters. The number of carbonyl (C=O) groups excluding carboxylic acids is 2. The highest BCUT2D eigenvalue weighted by Gasteiger charge is 2.41. The predicted octanol–water partition coefficient (Wildman–Crippen LogP) is 0.00360. The Hall–Kier alpha value is -1.93. The van der Waals surface area contributed by atoms with Crippen LogP contribution in [0.25, 0.3) is 0 Å². The smallest absolute Gasteiger partial charge is 0.238 e. The average molecular weight is 351 g/mol. The summed E-state index contributed by atoms with van der Waals surface area (Å²) >= 11 is 0. The van der Waals surface area contributed by atoms with E-state index in [2.05, 4.69) is 5.32 Å². The molecule has 2 aliphatic rings. The molecule has 24 heavy (non-hydrogen) atoms. The molecule has 0 aromatic heterocycles. The summed E-state index contributed by atoms with van der Waals surface area (Å²) in [6.45, 7) is 0.972. The molecular formula is C16H21N3O4S. The fourth-order valence-electron chi connectivity index (χ4n) is 2.97. The lowest BCUT2D eigenvalue weighted by Gasteiger charge is -2.15. The molecule has 130 valence electrons. The minimum Gasteiger partial charge on any atom is -0.355 e. The van der Waals surface area contributed by atoms with Crippen molar-refractivity contribution in [2.75, 3.05) is 13.1 Å². The minimum atomic E-state index is -3.68. The van der Waals surface area contributed by atoms with E-state index in [-0.39, 0.29) is 22.6 Å². The van der Waals surface area contributed by atoms with E-state index in [4.69, 9.17) is 5.14 Å². The number of hydrogen-bond donors (Lipinski definition) is 2. The minimum absolute atomic E-state index is 0.0694. The number of nitrogens with zero attached hydrogens (tertiary/aromatic N) is 1. The maximum Gasteiger partial charge on any atom is 0.238 e. The largest absolute Gasteiger partial charge is 0.355 e. The van der Waals surface area contributed by atoms with E-state index in [0.29, 0.717) is 32.0 Å². The first kappa shape index (κ1) is 16.9. The number of primary sulfonamides is 1. The van der Waals surface area contributed by atoms with Crippen molar-refractivity contribution < 1.29 is 18.0 Å². The van der Waals surface area contributed by atoms with Gasteiger partial charge in [0.05, 0.1) is 10.8 Å². The molecule has 1 aliphatic heterocycles. The summed E-state index contributed by atoms with van der Waals surface area (Å²) in [6, 6.07) is 6.62. The maximum atomic E-state index is 12.2. The van der Waals surface area contributed by atoms with Crippen molar-refractivity contribution in [1.82, 2.24) is 10.2 Å². The lowest BCUT2D eigenvalue weighted by Crippen LogP contribution is -2.34. The van der Waals surface area contributed by atoms with Crippen molar-refractivity contribution in [2.45, 2.75) is 36.6 Å².